The van der Waals surface area contributed by atoms with Crippen molar-refractivity contribution >= 4 is 0 Å². The molecule has 2 N–H and O–H groups in total. The van der Waals surface area contributed by atoms with Crippen LogP contribution >= 0.6 is 0 Å². The molecule has 1 saturated heterocycles. The molecule has 2 fully saturated rings. The van der Waals surface area contributed by atoms with Gasteiger partial charge in [0.25, 0.3) is 0 Å². The SMILES string of the molecule is CCC1CCCCC1OCC(O)CNC1(C)CCOC1. The van der Waals surface area contributed by atoms with Gasteiger partial charge in [0.15, 0.2) is 0 Å². The summed E-state index contributed by atoms with van der Waals surface area (Å²) in [6.45, 7) is 6.99. The lowest BCUT2D eigenvalue weighted by molar-refractivity contribution is -0.0511. The van der Waals surface area contributed by atoms with Crippen molar-refractivity contribution in [3.05, 3.63) is 0 Å². The third kappa shape index (κ3) is 4.69. The standard InChI is InChI=1S/C16H31NO3/c1-3-13-6-4-5-7-15(13)20-11-14(18)10-17-16(2)8-9-19-12-16/h13-15,17-18H,3-12H2,1-2H3. The number of rotatable bonds is 7. The zero-order valence-electron chi connectivity index (χ0n) is 13.1. The molecule has 0 radical (unpaired) electrons. The van der Waals surface area contributed by atoms with E-state index in [4.69, 9.17) is 9.47 Å². The minimum atomic E-state index is -0.424. The van der Waals surface area contributed by atoms with E-state index < -0.39 is 6.10 Å². The van der Waals surface area contributed by atoms with Crippen LogP contribution in [0.2, 0.25) is 0 Å². The number of hydrogen-bond acceptors (Lipinski definition) is 4. The predicted octanol–water partition coefficient (Wildman–Crippen LogP) is 2.10. The van der Waals surface area contributed by atoms with Gasteiger partial charge in [-0.1, -0.05) is 26.2 Å². The maximum atomic E-state index is 10.1. The first-order valence-electron chi connectivity index (χ1n) is 8.25. The Hall–Kier alpha value is -0.160. The summed E-state index contributed by atoms with van der Waals surface area (Å²) in [7, 11) is 0. The van der Waals surface area contributed by atoms with Crippen molar-refractivity contribution in [2.45, 2.75) is 70.1 Å². The molecule has 0 aromatic heterocycles. The van der Waals surface area contributed by atoms with Crippen LogP contribution in [-0.4, -0.2) is 49.2 Å². The first-order valence-corrected chi connectivity index (χ1v) is 8.25. The molecular formula is C16H31NO3. The van der Waals surface area contributed by atoms with Gasteiger partial charge in [0, 0.05) is 18.7 Å². The molecule has 2 aliphatic rings. The van der Waals surface area contributed by atoms with Crippen molar-refractivity contribution in [2.75, 3.05) is 26.4 Å². The van der Waals surface area contributed by atoms with Gasteiger partial charge in [-0.2, -0.15) is 0 Å². The fourth-order valence-electron chi connectivity index (χ4n) is 3.32. The summed E-state index contributed by atoms with van der Waals surface area (Å²) in [6.07, 6.45) is 7.18. The molecule has 4 heteroatoms. The highest BCUT2D eigenvalue weighted by Crippen LogP contribution is 2.29. The Kier molecular flexibility index (Phi) is 6.27. The Bertz CT molecular complexity index is 279. The molecule has 1 heterocycles. The molecular weight excluding hydrogens is 254 g/mol. The van der Waals surface area contributed by atoms with Crippen molar-refractivity contribution in [3.8, 4) is 0 Å². The highest BCUT2D eigenvalue weighted by atomic mass is 16.5. The van der Waals surface area contributed by atoms with E-state index in [0.29, 0.717) is 25.2 Å². The molecule has 118 valence electrons. The van der Waals surface area contributed by atoms with Crippen LogP contribution in [0.5, 0.6) is 0 Å². The van der Waals surface area contributed by atoms with E-state index in [1.807, 2.05) is 0 Å². The van der Waals surface area contributed by atoms with Crippen LogP contribution in [0.15, 0.2) is 0 Å². The summed E-state index contributed by atoms with van der Waals surface area (Å²) < 4.78 is 11.4. The zero-order valence-corrected chi connectivity index (χ0v) is 13.1. The third-order valence-corrected chi connectivity index (χ3v) is 4.85. The maximum absolute atomic E-state index is 10.1. The minimum Gasteiger partial charge on any atom is -0.389 e. The van der Waals surface area contributed by atoms with Crippen LogP contribution in [0.25, 0.3) is 0 Å². The molecule has 0 bridgehead atoms. The zero-order chi connectivity index (χ0) is 14.4. The van der Waals surface area contributed by atoms with Gasteiger partial charge in [0.05, 0.1) is 25.4 Å². The maximum Gasteiger partial charge on any atom is 0.0898 e. The molecule has 0 aromatic rings. The number of ether oxygens (including phenoxy) is 2. The summed E-state index contributed by atoms with van der Waals surface area (Å²) in [6, 6.07) is 0. The predicted molar refractivity (Wildman–Crippen MR) is 79.8 cm³/mol. The van der Waals surface area contributed by atoms with Gasteiger partial charge in [-0.3, -0.25) is 0 Å². The Morgan fingerprint density at radius 1 is 1.40 bits per heavy atom. The lowest BCUT2D eigenvalue weighted by Gasteiger charge is -2.32. The molecule has 4 unspecified atom stereocenters. The van der Waals surface area contributed by atoms with E-state index >= 15 is 0 Å². The largest absolute Gasteiger partial charge is 0.389 e. The van der Waals surface area contributed by atoms with E-state index in [-0.39, 0.29) is 5.54 Å². The Morgan fingerprint density at radius 3 is 2.90 bits per heavy atom. The van der Waals surface area contributed by atoms with Crippen molar-refractivity contribution < 1.29 is 14.6 Å². The summed E-state index contributed by atoms with van der Waals surface area (Å²) in [5, 5.41) is 13.5. The van der Waals surface area contributed by atoms with Crippen molar-refractivity contribution in [1.29, 1.82) is 0 Å². The Labute approximate surface area is 123 Å². The fourth-order valence-corrected chi connectivity index (χ4v) is 3.32. The smallest absolute Gasteiger partial charge is 0.0898 e. The van der Waals surface area contributed by atoms with Crippen molar-refractivity contribution in [1.82, 2.24) is 5.32 Å². The van der Waals surface area contributed by atoms with Gasteiger partial charge in [0.2, 0.25) is 0 Å². The van der Waals surface area contributed by atoms with Gasteiger partial charge in [0.1, 0.15) is 0 Å². The number of nitrogens with one attached hydrogen (secondary N) is 1. The van der Waals surface area contributed by atoms with Crippen LogP contribution in [0.1, 0.15) is 52.4 Å². The summed E-state index contributed by atoms with van der Waals surface area (Å²) in [5.41, 5.74) is 0.0256. The van der Waals surface area contributed by atoms with Crippen LogP contribution in [-0.2, 0) is 9.47 Å². The lowest BCUT2D eigenvalue weighted by Crippen LogP contribution is -2.47. The second-order valence-corrected chi connectivity index (χ2v) is 6.72. The first-order chi connectivity index (χ1) is 9.63. The van der Waals surface area contributed by atoms with E-state index in [9.17, 15) is 5.11 Å². The van der Waals surface area contributed by atoms with Gasteiger partial charge in [-0.25, -0.2) is 0 Å². The minimum absolute atomic E-state index is 0.0256. The van der Waals surface area contributed by atoms with Gasteiger partial charge in [-0.15, -0.1) is 0 Å². The first kappa shape index (κ1) is 16.2. The summed E-state index contributed by atoms with van der Waals surface area (Å²) in [5.74, 6) is 0.685. The van der Waals surface area contributed by atoms with E-state index in [0.717, 1.165) is 26.1 Å². The fraction of sp³-hybridized carbons (Fsp3) is 1.00. The quantitative estimate of drug-likeness (QED) is 0.752. The number of β-amino-alcohol motifs (C(OH)–C–C–N with tert-alkyl or cyclic N) is 1. The average molecular weight is 285 g/mol. The van der Waals surface area contributed by atoms with E-state index in [2.05, 4.69) is 19.2 Å². The molecule has 4 nitrogen and oxygen atoms in total. The summed E-state index contributed by atoms with van der Waals surface area (Å²) in [4.78, 5) is 0. The lowest BCUT2D eigenvalue weighted by atomic mass is 9.85. The normalized spacial score (nSPS) is 36.1. The van der Waals surface area contributed by atoms with Gasteiger partial charge < -0.3 is 19.9 Å². The third-order valence-electron chi connectivity index (χ3n) is 4.85. The molecule has 1 aliphatic heterocycles. The van der Waals surface area contributed by atoms with Crippen LogP contribution in [0, 0.1) is 5.92 Å². The molecule has 2 rings (SSSR count). The van der Waals surface area contributed by atoms with Gasteiger partial charge in [-0.05, 0) is 32.1 Å². The van der Waals surface area contributed by atoms with Crippen molar-refractivity contribution in [2.24, 2.45) is 5.92 Å². The molecule has 0 amide bonds. The Balaban J connectivity index is 1.65. The Morgan fingerprint density at radius 2 is 2.20 bits per heavy atom. The highest BCUT2D eigenvalue weighted by Gasteiger charge is 2.30. The van der Waals surface area contributed by atoms with Gasteiger partial charge >= 0.3 is 0 Å². The molecule has 0 aromatic carbocycles. The number of hydrogen-bond donors (Lipinski definition) is 2. The average Bonchev–Trinajstić information content (AvgIpc) is 2.90. The topological polar surface area (TPSA) is 50.7 Å². The van der Waals surface area contributed by atoms with Crippen LogP contribution in [0.3, 0.4) is 0 Å². The number of aliphatic hydroxyl groups excluding tert-OH is 1. The molecule has 0 spiro atoms. The molecule has 1 aliphatic carbocycles. The highest BCUT2D eigenvalue weighted by molar-refractivity contribution is 4.87. The van der Waals surface area contributed by atoms with E-state index in [1.54, 1.807) is 0 Å². The monoisotopic (exact) mass is 285 g/mol. The molecule has 20 heavy (non-hydrogen) atoms. The molecule has 1 saturated carbocycles. The summed E-state index contributed by atoms with van der Waals surface area (Å²) >= 11 is 0. The number of aliphatic hydroxyl groups is 1. The van der Waals surface area contributed by atoms with Crippen LogP contribution < -0.4 is 5.32 Å². The second-order valence-electron chi connectivity index (χ2n) is 6.72. The van der Waals surface area contributed by atoms with E-state index in [1.165, 1.54) is 25.7 Å². The molecule has 4 atom stereocenters. The van der Waals surface area contributed by atoms with Crippen molar-refractivity contribution in [3.63, 3.8) is 0 Å². The van der Waals surface area contributed by atoms with Crippen LogP contribution in [0.4, 0.5) is 0 Å². The second kappa shape index (κ2) is 7.74.